The second-order valence-corrected chi connectivity index (χ2v) is 7.20. The molecule has 128 valence electrons. The van der Waals surface area contributed by atoms with Gasteiger partial charge in [0.05, 0.1) is 11.1 Å². The van der Waals surface area contributed by atoms with Gasteiger partial charge in [-0.1, -0.05) is 22.0 Å². The van der Waals surface area contributed by atoms with E-state index in [-0.39, 0.29) is 5.69 Å². The van der Waals surface area contributed by atoms with E-state index in [1.54, 1.807) is 0 Å². The minimum absolute atomic E-state index is 0.330. The molecule has 0 heterocycles. The minimum atomic E-state index is -4.63. The van der Waals surface area contributed by atoms with E-state index in [1.807, 2.05) is 4.72 Å². The Morgan fingerprint density at radius 2 is 1.79 bits per heavy atom. The molecule has 24 heavy (non-hydrogen) atoms. The van der Waals surface area contributed by atoms with Gasteiger partial charge in [-0.25, -0.2) is 13.2 Å². The summed E-state index contributed by atoms with van der Waals surface area (Å²) in [5.74, 6) is -1.49. The van der Waals surface area contributed by atoms with Gasteiger partial charge in [0.1, 0.15) is 4.90 Å². The Bertz CT molecular complexity index is 897. The van der Waals surface area contributed by atoms with Crippen LogP contribution >= 0.6 is 15.9 Å². The molecule has 0 atom stereocenters. The van der Waals surface area contributed by atoms with Crippen molar-refractivity contribution in [1.29, 1.82) is 0 Å². The minimum Gasteiger partial charge on any atom is -0.478 e. The highest BCUT2D eigenvalue weighted by atomic mass is 79.9. The molecule has 2 aromatic rings. The number of alkyl halides is 3. The molecule has 2 N–H and O–H groups in total. The van der Waals surface area contributed by atoms with Crippen molar-refractivity contribution in [2.75, 3.05) is 4.72 Å². The van der Waals surface area contributed by atoms with E-state index in [4.69, 9.17) is 5.11 Å². The Balaban J connectivity index is 2.45. The summed E-state index contributed by atoms with van der Waals surface area (Å²) in [6.45, 7) is 0. The Hall–Kier alpha value is -2.07. The van der Waals surface area contributed by atoms with Crippen molar-refractivity contribution in [2.45, 2.75) is 11.1 Å². The van der Waals surface area contributed by atoms with Crippen LogP contribution in [0.25, 0.3) is 0 Å². The van der Waals surface area contributed by atoms with Crippen molar-refractivity contribution in [2.24, 2.45) is 0 Å². The molecule has 2 rings (SSSR count). The summed E-state index contributed by atoms with van der Waals surface area (Å²) in [4.78, 5) is 10.6. The predicted molar refractivity (Wildman–Crippen MR) is 83.4 cm³/mol. The number of carboxylic acid groups (broad SMARTS) is 1. The highest BCUT2D eigenvalue weighted by molar-refractivity contribution is 9.10. The standard InChI is InChI=1S/C14H9BrF3NO4S/c15-9-4-5-12(11(7-9)13(20)21)24(22,23)19-10-3-1-2-8(6-10)14(16,17)18/h1-7,19H,(H,20,21). The molecule has 10 heteroatoms. The molecule has 0 spiro atoms. The molecule has 0 saturated carbocycles. The predicted octanol–water partition coefficient (Wildman–Crippen LogP) is 3.97. The van der Waals surface area contributed by atoms with Crippen LogP contribution in [0.15, 0.2) is 51.8 Å². The fourth-order valence-corrected chi connectivity index (χ4v) is 3.46. The molecule has 0 unspecified atom stereocenters. The Kier molecular flexibility index (Phi) is 4.90. The first-order valence-corrected chi connectivity index (χ1v) is 8.51. The van der Waals surface area contributed by atoms with Crippen molar-refractivity contribution >= 4 is 37.6 Å². The van der Waals surface area contributed by atoms with Crippen LogP contribution in [0.5, 0.6) is 0 Å². The van der Waals surface area contributed by atoms with Crippen LogP contribution < -0.4 is 4.72 Å². The summed E-state index contributed by atoms with van der Waals surface area (Å²) >= 11 is 3.03. The topological polar surface area (TPSA) is 83.5 Å². The molecular weight excluding hydrogens is 415 g/mol. The molecular formula is C14H9BrF3NO4S. The molecule has 0 amide bonds. The number of nitrogens with one attached hydrogen (secondary N) is 1. The Labute approximate surface area is 143 Å². The molecule has 0 bridgehead atoms. The zero-order chi connectivity index (χ0) is 18.1. The van der Waals surface area contributed by atoms with Crippen LogP contribution in [0.3, 0.4) is 0 Å². The van der Waals surface area contributed by atoms with Crippen molar-refractivity contribution in [3.05, 3.63) is 58.1 Å². The van der Waals surface area contributed by atoms with E-state index in [0.717, 1.165) is 30.3 Å². The van der Waals surface area contributed by atoms with Crippen molar-refractivity contribution in [3.63, 3.8) is 0 Å². The normalized spacial score (nSPS) is 12.0. The number of rotatable bonds is 4. The summed E-state index contributed by atoms with van der Waals surface area (Å²) in [6, 6.07) is 7.03. The zero-order valence-electron chi connectivity index (χ0n) is 11.6. The first-order chi connectivity index (χ1) is 11.0. The molecule has 5 nitrogen and oxygen atoms in total. The van der Waals surface area contributed by atoms with Gasteiger partial charge in [0.25, 0.3) is 10.0 Å². The van der Waals surface area contributed by atoms with Gasteiger partial charge in [0.2, 0.25) is 0 Å². The number of halogens is 4. The molecule has 0 aromatic heterocycles. The fourth-order valence-electron chi connectivity index (χ4n) is 1.87. The van der Waals surface area contributed by atoms with Gasteiger partial charge >= 0.3 is 12.1 Å². The molecule has 0 aliphatic rings. The van der Waals surface area contributed by atoms with Gasteiger partial charge in [-0.15, -0.1) is 0 Å². The lowest BCUT2D eigenvalue weighted by Crippen LogP contribution is -2.17. The summed E-state index contributed by atoms with van der Waals surface area (Å²) in [5, 5.41) is 9.11. The van der Waals surface area contributed by atoms with Crippen molar-refractivity contribution in [3.8, 4) is 0 Å². The van der Waals surface area contributed by atoms with Gasteiger partial charge in [0, 0.05) is 10.2 Å². The summed E-state index contributed by atoms with van der Waals surface area (Å²) < 4.78 is 65.0. The van der Waals surface area contributed by atoms with E-state index in [2.05, 4.69) is 15.9 Å². The summed E-state index contributed by atoms with van der Waals surface area (Å²) in [7, 11) is -4.39. The van der Waals surface area contributed by atoms with Crippen LogP contribution in [-0.2, 0) is 16.2 Å². The first kappa shape index (κ1) is 18.3. The van der Waals surface area contributed by atoms with Gasteiger partial charge in [-0.3, -0.25) is 4.72 Å². The lowest BCUT2D eigenvalue weighted by Gasteiger charge is -2.12. The van der Waals surface area contributed by atoms with Crippen LogP contribution in [0.4, 0.5) is 18.9 Å². The number of hydrogen-bond acceptors (Lipinski definition) is 3. The smallest absolute Gasteiger partial charge is 0.416 e. The summed E-state index contributed by atoms with van der Waals surface area (Å²) in [5.41, 5.74) is -1.87. The largest absolute Gasteiger partial charge is 0.478 e. The number of hydrogen-bond donors (Lipinski definition) is 2. The number of carboxylic acids is 1. The van der Waals surface area contributed by atoms with E-state index in [1.165, 1.54) is 6.07 Å². The SMILES string of the molecule is O=C(O)c1cc(Br)ccc1S(=O)(=O)Nc1cccc(C(F)(F)F)c1. The third kappa shape index (κ3) is 4.06. The van der Waals surface area contributed by atoms with Crippen LogP contribution in [-0.4, -0.2) is 19.5 Å². The van der Waals surface area contributed by atoms with Crippen molar-refractivity contribution in [1.82, 2.24) is 0 Å². The third-order valence-electron chi connectivity index (χ3n) is 2.90. The lowest BCUT2D eigenvalue weighted by atomic mass is 10.2. The molecule has 0 fully saturated rings. The van der Waals surface area contributed by atoms with E-state index in [0.29, 0.717) is 10.5 Å². The Morgan fingerprint density at radius 1 is 1.12 bits per heavy atom. The van der Waals surface area contributed by atoms with Crippen LogP contribution in [0.1, 0.15) is 15.9 Å². The van der Waals surface area contributed by atoms with Crippen LogP contribution in [0.2, 0.25) is 0 Å². The molecule has 2 aromatic carbocycles. The highest BCUT2D eigenvalue weighted by Crippen LogP contribution is 2.31. The average molecular weight is 424 g/mol. The number of benzene rings is 2. The molecule has 0 aliphatic heterocycles. The van der Waals surface area contributed by atoms with Gasteiger partial charge < -0.3 is 5.11 Å². The number of anilines is 1. The monoisotopic (exact) mass is 423 g/mol. The second-order valence-electron chi connectivity index (χ2n) is 4.63. The van der Waals surface area contributed by atoms with Crippen molar-refractivity contribution < 1.29 is 31.5 Å². The molecule has 0 saturated heterocycles. The van der Waals surface area contributed by atoms with Gasteiger partial charge in [0.15, 0.2) is 0 Å². The first-order valence-electron chi connectivity index (χ1n) is 6.23. The highest BCUT2D eigenvalue weighted by Gasteiger charge is 2.31. The van der Waals surface area contributed by atoms with E-state index < -0.39 is 38.2 Å². The van der Waals surface area contributed by atoms with E-state index in [9.17, 15) is 26.4 Å². The number of aromatic carboxylic acids is 1. The Morgan fingerprint density at radius 3 is 2.38 bits per heavy atom. The number of carbonyl (C=O) groups is 1. The third-order valence-corrected chi connectivity index (χ3v) is 4.84. The van der Waals surface area contributed by atoms with Gasteiger partial charge in [-0.05, 0) is 36.4 Å². The van der Waals surface area contributed by atoms with Crippen LogP contribution in [0, 0.1) is 0 Å². The van der Waals surface area contributed by atoms with Gasteiger partial charge in [-0.2, -0.15) is 13.2 Å². The maximum absolute atomic E-state index is 12.7. The maximum Gasteiger partial charge on any atom is 0.416 e. The maximum atomic E-state index is 12.7. The average Bonchev–Trinajstić information content (AvgIpc) is 2.45. The fraction of sp³-hybridized carbons (Fsp3) is 0.0714. The molecule has 0 aliphatic carbocycles. The quantitative estimate of drug-likeness (QED) is 0.779. The second kappa shape index (κ2) is 6.44. The number of sulfonamides is 1. The lowest BCUT2D eigenvalue weighted by molar-refractivity contribution is -0.137. The summed E-state index contributed by atoms with van der Waals surface area (Å²) in [6.07, 6.45) is -4.63. The zero-order valence-corrected chi connectivity index (χ0v) is 14.0. The molecule has 0 radical (unpaired) electrons. The van der Waals surface area contributed by atoms with E-state index >= 15 is 0 Å².